The molecule has 0 unspecified atom stereocenters. The molecule has 0 fully saturated rings. The molecule has 0 aliphatic carbocycles. The Morgan fingerprint density at radius 1 is 0.846 bits per heavy atom. The third kappa shape index (κ3) is 4.96. The fraction of sp³-hybridized carbons (Fsp3) is 0.588. The van der Waals surface area contributed by atoms with Crippen LogP contribution in [0, 0.1) is 10.1 Å². The second-order valence-corrected chi connectivity index (χ2v) is 7.19. The van der Waals surface area contributed by atoms with Crippen molar-refractivity contribution in [3.8, 4) is 5.75 Å². The molecule has 0 atom stereocenters. The molecule has 0 heterocycles. The fourth-order valence-corrected chi connectivity index (χ4v) is 2.50. The lowest BCUT2D eigenvalue weighted by atomic mass is 9.89. The molecule has 1 amide bonds. The van der Waals surface area contributed by atoms with E-state index in [1.807, 2.05) is 0 Å². The Bertz CT molecular complexity index is 1090. The molecule has 39 heavy (non-hydrogen) atoms. The van der Waals surface area contributed by atoms with Crippen molar-refractivity contribution in [2.75, 3.05) is 11.9 Å². The summed E-state index contributed by atoms with van der Waals surface area (Å²) in [5, 5.41) is 11.5. The Hall–Kier alpha value is -3.23. The van der Waals surface area contributed by atoms with Gasteiger partial charge in [0.25, 0.3) is 5.69 Å². The predicted octanol–water partition coefficient (Wildman–Crippen LogP) is 6.64. The largest absolute Gasteiger partial charge is 0.494 e. The molecule has 22 heteroatoms. The summed E-state index contributed by atoms with van der Waals surface area (Å²) in [4.78, 5) is 21.1. The van der Waals surface area contributed by atoms with Crippen molar-refractivity contribution in [2.24, 2.45) is 0 Å². The van der Waals surface area contributed by atoms with Crippen molar-refractivity contribution < 1.29 is 84.7 Å². The topological polar surface area (TPSA) is 81.5 Å². The summed E-state index contributed by atoms with van der Waals surface area (Å²) < 4.78 is 219. The van der Waals surface area contributed by atoms with E-state index in [0.717, 1.165) is 0 Å². The predicted molar refractivity (Wildman–Crippen MR) is 93.5 cm³/mol. The number of hydrogen-bond donors (Lipinski definition) is 1. The normalized spacial score (nSPS) is 14.4. The zero-order valence-corrected chi connectivity index (χ0v) is 18.1. The van der Waals surface area contributed by atoms with Crippen molar-refractivity contribution in [1.29, 1.82) is 0 Å². The molecule has 0 saturated carbocycles. The summed E-state index contributed by atoms with van der Waals surface area (Å²) in [7, 11) is 0. The molecule has 0 aromatic heterocycles. The molecular weight excluding hydrogens is 600 g/mol. The quantitative estimate of drug-likeness (QED) is 0.164. The number of rotatable bonds is 12. The summed E-state index contributed by atoms with van der Waals surface area (Å²) in [6, 6.07) is 1.25. The Balaban J connectivity index is 3.60. The molecule has 224 valence electrons. The molecule has 1 aromatic rings. The second-order valence-electron chi connectivity index (χ2n) is 7.19. The summed E-state index contributed by atoms with van der Waals surface area (Å²) in [5.74, 6) is -61.5. The van der Waals surface area contributed by atoms with Gasteiger partial charge in [-0.25, -0.2) is 8.78 Å². The number of halogens is 16. The third-order valence-electron chi connectivity index (χ3n) is 4.67. The van der Waals surface area contributed by atoms with Gasteiger partial charge in [0.15, 0.2) is 0 Å². The molecule has 0 bridgehead atoms. The number of nitro benzene ring substituents is 1. The van der Waals surface area contributed by atoms with Crippen LogP contribution in [0.25, 0.3) is 0 Å². The number of nitrogens with zero attached hydrogens (tertiary/aromatic N) is 1. The number of benzene rings is 1. The van der Waals surface area contributed by atoms with E-state index >= 15 is 0 Å². The maximum absolute atomic E-state index is 14.0. The zero-order valence-electron chi connectivity index (χ0n) is 18.1. The number of nitrogens with one attached hydrogen (secondary N) is 1. The SMILES string of the molecule is CCOc1ccc(NC(=O)C(F)(F)C(F)(F)C(F)(F)C(F)(F)C(F)(F)C(F)(F)C(F)(F)C(F)F)c([N+](=O)[O-])c1. The third-order valence-corrected chi connectivity index (χ3v) is 4.67. The standard InChI is InChI=1S/C17H10F16N2O4/c1-2-39-6-3-4-7(8(5-6)35(37)38)34-10(36)12(22,23)14(26,27)16(30,31)17(32,33)15(28,29)13(24,25)11(20,21)9(18)19/h3-5,9H,2H2,1H3,(H,34,36). The van der Waals surface area contributed by atoms with Crippen LogP contribution in [0.1, 0.15) is 6.92 Å². The highest BCUT2D eigenvalue weighted by atomic mass is 19.4. The van der Waals surface area contributed by atoms with Crippen LogP contribution >= 0.6 is 0 Å². The van der Waals surface area contributed by atoms with Gasteiger partial charge in [0, 0.05) is 0 Å². The average molecular weight is 610 g/mol. The van der Waals surface area contributed by atoms with Crippen LogP contribution in [-0.4, -0.2) is 65.3 Å². The molecule has 1 N–H and O–H groups in total. The van der Waals surface area contributed by atoms with E-state index in [4.69, 9.17) is 4.74 Å². The minimum Gasteiger partial charge on any atom is -0.494 e. The minimum atomic E-state index is -8.68. The van der Waals surface area contributed by atoms with Crippen LogP contribution in [0.15, 0.2) is 18.2 Å². The molecule has 1 aromatic carbocycles. The number of hydrogen-bond acceptors (Lipinski definition) is 4. The van der Waals surface area contributed by atoms with Gasteiger partial charge in [0.05, 0.1) is 17.6 Å². The first-order valence-electron chi connectivity index (χ1n) is 9.35. The van der Waals surface area contributed by atoms with Gasteiger partial charge < -0.3 is 10.1 Å². The highest BCUT2D eigenvalue weighted by Gasteiger charge is 2.94. The van der Waals surface area contributed by atoms with Gasteiger partial charge in [-0.05, 0) is 19.1 Å². The fourth-order valence-electron chi connectivity index (χ4n) is 2.50. The molecule has 0 spiro atoms. The number of alkyl halides is 16. The van der Waals surface area contributed by atoms with Gasteiger partial charge in [0.1, 0.15) is 11.4 Å². The maximum Gasteiger partial charge on any atom is 0.393 e. The van der Waals surface area contributed by atoms with Gasteiger partial charge in [-0.3, -0.25) is 14.9 Å². The van der Waals surface area contributed by atoms with Gasteiger partial charge in [-0.2, -0.15) is 61.5 Å². The van der Waals surface area contributed by atoms with Crippen molar-refractivity contribution >= 4 is 17.3 Å². The van der Waals surface area contributed by atoms with Gasteiger partial charge >= 0.3 is 53.8 Å². The van der Waals surface area contributed by atoms with E-state index in [1.54, 1.807) is 0 Å². The Morgan fingerprint density at radius 3 is 1.69 bits per heavy atom. The Labute approximate surface area is 204 Å². The van der Waals surface area contributed by atoms with Gasteiger partial charge in [0.2, 0.25) is 0 Å². The highest BCUT2D eigenvalue weighted by molar-refractivity contribution is 5.98. The monoisotopic (exact) mass is 610 g/mol. The molecule has 0 saturated heterocycles. The van der Waals surface area contributed by atoms with Crippen LogP contribution in [0.5, 0.6) is 5.75 Å². The van der Waals surface area contributed by atoms with Gasteiger partial charge in [-0.15, -0.1) is 0 Å². The number of anilines is 1. The molecule has 0 radical (unpaired) electrons. The van der Waals surface area contributed by atoms with Crippen LogP contribution in [0.4, 0.5) is 81.6 Å². The summed E-state index contributed by atoms with van der Waals surface area (Å²) in [6.07, 6.45) is -5.99. The summed E-state index contributed by atoms with van der Waals surface area (Å²) in [6.45, 7) is 1.15. The average Bonchev–Trinajstić information content (AvgIpc) is 2.78. The molecular formula is C17H10F16N2O4. The molecule has 6 nitrogen and oxygen atoms in total. The highest BCUT2D eigenvalue weighted by Crippen LogP contribution is 2.62. The van der Waals surface area contributed by atoms with E-state index in [-0.39, 0.29) is 12.7 Å². The number of nitro groups is 1. The number of amides is 1. The van der Waals surface area contributed by atoms with E-state index in [1.165, 1.54) is 6.92 Å². The number of carbonyl (C=O) groups is 1. The second kappa shape index (κ2) is 10.1. The van der Waals surface area contributed by atoms with Crippen molar-refractivity contribution in [1.82, 2.24) is 0 Å². The Morgan fingerprint density at radius 2 is 1.28 bits per heavy atom. The first kappa shape index (κ1) is 33.8. The van der Waals surface area contributed by atoms with Crippen molar-refractivity contribution in [2.45, 2.75) is 54.8 Å². The lowest BCUT2D eigenvalue weighted by molar-refractivity contribution is -0.443. The molecule has 1 rings (SSSR count). The van der Waals surface area contributed by atoms with Crippen LogP contribution < -0.4 is 10.1 Å². The molecule has 0 aliphatic rings. The smallest absolute Gasteiger partial charge is 0.393 e. The van der Waals surface area contributed by atoms with E-state index < -0.39 is 75.8 Å². The van der Waals surface area contributed by atoms with Crippen LogP contribution in [0.2, 0.25) is 0 Å². The van der Waals surface area contributed by atoms with E-state index in [2.05, 4.69) is 0 Å². The number of ether oxygens (including phenoxy) is 1. The summed E-state index contributed by atoms with van der Waals surface area (Å²) in [5.41, 5.74) is -2.99. The van der Waals surface area contributed by atoms with E-state index in [9.17, 15) is 85.2 Å². The lowest BCUT2D eigenvalue weighted by Gasteiger charge is -2.42. The molecule has 0 aliphatic heterocycles. The first-order valence-corrected chi connectivity index (χ1v) is 9.35. The van der Waals surface area contributed by atoms with Gasteiger partial charge in [-0.1, -0.05) is 0 Å². The number of carbonyl (C=O) groups excluding carboxylic acids is 1. The lowest BCUT2D eigenvalue weighted by Crippen LogP contribution is -2.74. The first-order chi connectivity index (χ1) is 17.2. The maximum atomic E-state index is 14.0. The minimum absolute atomic E-state index is 0.177. The van der Waals surface area contributed by atoms with Crippen molar-refractivity contribution in [3.05, 3.63) is 28.3 Å². The zero-order chi connectivity index (χ0) is 31.2. The summed E-state index contributed by atoms with van der Waals surface area (Å²) >= 11 is 0. The van der Waals surface area contributed by atoms with E-state index in [0.29, 0.717) is 17.4 Å². The Kier molecular flexibility index (Phi) is 8.72. The van der Waals surface area contributed by atoms with Crippen LogP contribution in [0.3, 0.4) is 0 Å². The van der Waals surface area contributed by atoms with Crippen molar-refractivity contribution in [3.63, 3.8) is 0 Å². The van der Waals surface area contributed by atoms with Crippen LogP contribution in [-0.2, 0) is 4.79 Å².